The number of likely N-dealkylation sites (tertiary alicyclic amines) is 1. The van der Waals surface area contributed by atoms with E-state index in [0.717, 1.165) is 29.8 Å². The summed E-state index contributed by atoms with van der Waals surface area (Å²) >= 11 is 5.87. The Morgan fingerprint density at radius 3 is 2.60 bits per heavy atom. The lowest BCUT2D eigenvalue weighted by Crippen LogP contribution is -2.23. The van der Waals surface area contributed by atoms with Gasteiger partial charge < -0.3 is 19.7 Å². The summed E-state index contributed by atoms with van der Waals surface area (Å²) in [6.07, 6.45) is -1.41. The Balaban J connectivity index is 1.61. The number of aryl methyl sites for hydroxylation is 1. The van der Waals surface area contributed by atoms with Gasteiger partial charge in [-0.1, -0.05) is 11.6 Å². The fourth-order valence-electron chi connectivity index (χ4n) is 4.43. The zero-order valence-corrected chi connectivity index (χ0v) is 23.3. The number of nitrogens with zero attached hydrogens (tertiary/aromatic N) is 6. The van der Waals surface area contributed by atoms with Crippen molar-refractivity contribution in [1.29, 1.82) is 0 Å². The number of likely N-dealkylation sites (N-methyl/N-ethyl adjacent to an activating group) is 1. The van der Waals surface area contributed by atoms with Crippen molar-refractivity contribution >= 4 is 29.2 Å². The number of nitrogens with one attached hydrogen (secondary N) is 1. The lowest BCUT2D eigenvalue weighted by atomic mass is 10.1. The fourth-order valence-corrected chi connectivity index (χ4v) is 4.61. The number of ether oxygens (including phenoxy) is 2. The number of rotatable bonds is 7. The summed E-state index contributed by atoms with van der Waals surface area (Å²) < 4.78 is 66.2. The van der Waals surface area contributed by atoms with E-state index >= 15 is 0 Å². The molecule has 1 unspecified atom stereocenters. The van der Waals surface area contributed by atoms with Crippen LogP contribution in [0.3, 0.4) is 0 Å². The van der Waals surface area contributed by atoms with Gasteiger partial charge in [-0.15, -0.1) is 0 Å². The molecular formula is C27H24ClF4N7O3. The number of alkyl halides is 3. The Morgan fingerprint density at radius 1 is 1.17 bits per heavy atom. The van der Waals surface area contributed by atoms with Gasteiger partial charge in [-0.3, -0.25) is 0 Å². The molecule has 1 atom stereocenters. The predicted molar refractivity (Wildman–Crippen MR) is 145 cm³/mol. The third kappa shape index (κ3) is 6.14. The minimum atomic E-state index is -4.71. The molecule has 42 heavy (non-hydrogen) atoms. The summed E-state index contributed by atoms with van der Waals surface area (Å²) in [5.74, 6) is -1.36. The maximum absolute atomic E-state index is 13.6. The van der Waals surface area contributed by atoms with Crippen LogP contribution in [-0.2, 0) is 10.9 Å². The molecule has 1 N–H and O–H groups in total. The van der Waals surface area contributed by atoms with Gasteiger partial charge in [0.15, 0.2) is 11.5 Å². The Kier molecular flexibility index (Phi) is 8.01. The number of esters is 1. The predicted octanol–water partition coefficient (Wildman–Crippen LogP) is 5.46. The van der Waals surface area contributed by atoms with E-state index in [-0.39, 0.29) is 45.6 Å². The molecule has 15 heteroatoms. The van der Waals surface area contributed by atoms with Crippen LogP contribution in [-0.4, -0.2) is 69.0 Å². The van der Waals surface area contributed by atoms with E-state index in [0.29, 0.717) is 17.8 Å². The molecule has 4 aromatic rings. The number of carbonyl (C=O) groups excluding carboxylic acids is 1. The molecule has 1 fully saturated rings. The number of benzene rings is 1. The molecule has 0 radical (unpaired) electrons. The van der Waals surface area contributed by atoms with Crippen LogP contribution < -0.4 is 10.1 Å². The van der Waals surface area contributed by atoms with Crippen LogP contribution in [0.4, 0.5) is 29.2 Å². The summed E-state index contributed by atoms with van der Waals surface area (Å²) in [7, 11) is 3.16. The van der Waals surface area contributed by atoms with E-state index in [9.17, 15) is 22.4 Å². The van der Waals surface area contributed by atoms with Crippen LogP contribution in [0.15, 0.2) is 42.7 Å². The number of hydrogen-bond donors (Lipinski definition) is 1. The molecule has 3 aromatic heterocycles. The first-order valence-electron chi connectivity index (χ1n) is 12.6. The molecule has 10 nitrogen and oxygen atoms in total. The number of anilines is 2. The summed E-state index contributed by atoms with van der Waals surface area (Å²) in [6.45, 7) is 2.91. The minimum Gasteiger partial charge on any atom is -0.472 e. The highest BCUT2D eigenvalue weighted by atomic mass is 35.5. The number of aromatic nitrogens is 5. The summed E-state index contributed by atoms with van der Waals surface area (Å²) in [4.78, 5) is 27.8. The lowest BCUT2D eigenvalue weighted by molar-refractivity contribution is -0.141. The molecule has 5 rings (SSSR count). The van der Waals surface area contributed by atoms with Gasteiger partial charge in [-0.05, 0) is 50.7 Å². The summed E-state index contributed by atoms with van der Waals surface area (Å²) in [5.41, 5.74) is -0.134. The quantitative estimate of drug-likeness (QED) is 0.217. The third-order valence-electron chi connectivity index (χ3n) is 6.52. The molecule has 220 valence electrons. The standard InChI is InChI=1S/C27H24ClF4N7O3/c1-14-8-22(27(30,31)32)37-39(14)23-19(12-34-26(36-23)35-16-4-5-21(29)20(28)10-16)15-9-18(25(40)41-3)24(33-11-15)42-17-6-7-38(2)13-17/h4-5,8-12,17H,6-7,13H2,1-3H3,(H,34,35,36). The molecule has 1 aromatic carbocycles. The highest BCUT2D eigenvalue weighted by Gasteiger charge is 2.35. The normalized spacial score (nSPS) is 15.6. The highest BCUT2D eigenvalue weighted by Crippen LogP contribution is 2.34. The number of pyridine rings is 1. The Morgan fingerprint density at radius 2 is 1.95 bits per heavy atom. The molecule has 0 bridgehead atoms. The fraction of sp³-hybridized carbons (Fsp3) is 0.296. The first kappa shape index (κ1) is 29.2. The van der Waals surface area contributed by atoms with Crippen molar-refractivity contribution in [2.45, 2.75) is 25.6 Å². The van der Waals surface area contributed by atoms with E-state index in [1.54, 1.807) is 0 Å². The van der Waals surface area contributed by atoms with Crippen molar-refractivity contribution < 1.29 is 31.8 Å². The van der Waals surface area contributed by atoms with Gasteiger partial charge in [0.2, 0.25) is 11.8 Å². The minimum absolute atomic E-state index is 0.0202. The maximum Gasteiger partial charge on any atom is 0.435 e. The van der Waals surface area contributed by atoms with Crippen molar-refractivity contribution in [3.05, 3.63) is 70.5 Å². The zero-order chi connectivity index (χ0) is 30.2. The van der Waals surface area contributed by atoms with E-state index < -0.39 is 23.7 Å². The topological polar surface area (TPSA) is 107 Å². The van der Waals surface area contributed by atoms with Crippen molar-refractivity contribution in [1.82, 2.24) is 29.6 Å². The van der Waals surface area contributed by atoms with Gasteiger partial charge >= 0.3 is 12.1 Å². The molecule has 0 saturated carbocycles. The van der Waals surface area contributed by atoms with E-state index in [1.807, 2.05) is 7.05 Å². The van der Waals surface area contributed by atoms with Gasteiger partial charge in [-0.2, -0.15) is 23.3 Å². The van der Waals surface area contributed by atoms with Gasteiger partial charge in [0.1, 0.15) is 17.5 Å². The van der Waals surface area contributed by atoms with Gasteiger partial charge in [-0.25, -0.2) is 23.8 Å². The SMILES string of the molecule is COC(=O)c1cc(-c2cnc(Nc3ccc(F)c(Cl)c3)nc2-n2nc(C(F)(F)F)cc2C)cnc1OC1CCN(C)C1. The monoisotopic (exact) mass is 605 g/mol. The number of methoxy groups -OCH3 is 1. The average molecular weight is 606 g/mol. The molecule has 4 heterocycles. The molecule has 1 aliphatic heterocycles. The molecule has 1 saturated heterocycles. The smallest absolute Gasteiger partial charge is 0.435 e. The molecule has 0 spiro atoms. The van der Waals surface area contributed by atoms with Gasteiger partial charge in [0, 0.05) is 48.0 Å². The summed E-state index contributed by atoms with van der Waals surface area (Å²) in [6, 6.07) is 6.17. The maximum atomic E-state index is 13.6. The van der Waals surface area contributed by atoms with Crippen molar-refractivity contribution in [3.63, 3.8) is 0 Å². The first-order valence-corrected chi connectivity index (χ1v) is 13.0. The first-order chi connectivity index (χ1) is 19.9. The largest absolute Gasteiger partial charge is 0.472 e. The van der Waals surface area contributed by atoms with Crippen LogP contribution in [0, 0.1) is 12.7 Å². The second kappa shape index (κ2) is 11.5. The van der Waals surface area contributed by atoms with E-state index in [4.69, 9.17) is 21.1 Å². The van der Waals surface area contributed by atoms with Crippen LogP contribution in [0.5, 0.6) is 5.88 Å². The Labute approximate surface area is 242 Å². The average Bonchev–Trinajstić information content (AvgIpc) is 3.55. The van der Waals surface area contributed by atoms with Crippen LogP contribution >= 0.6 is 11.6 Å². The molecule has 1 aliphatic rings. The number of halogens is 5. The van der Waals surface area contributed by atoms with Gasteiger partial charge in [0.25, 0.3) is 0 Å². The van der Waals surface area contributed by atoms with Crippen LogP contribution in [0.1, 0.15) is 28.2 Å². The second-order valence-corrected chi connectivity index (χ2v) is 10.0. The second-order valence-electron chi connectivity index (χ2n) is 9.62. The van der Waals surface area contributed by atoms with Crippen LogP contribution in [0.25, 0.3) is 16.9 Å². The molecule has 0 amide bonds. The lowest BCUT2D eigenvalue weighted by Gasteiger charge is -2.17. The van der Waals surface area contributed by atoms with Gasteiger partial charge in [0.05, 0.1) is 12.1 Å². The Bertz CT molecular complexity index is 1650. The van der Waals surface area contributed by atoms with Crippen molar-refractivity contribution in [3.8, 4) is 22.8 Å². The van der Waals surface area contributed by atoms with E-state index in [2.05, 4.69) is 30.3 Å². The zero-order valence-electron chi connectivity index (χ0n) is 22.5. The van der Waals surface area contributed by atoms with Crippen molar-refractivity contribution in [2.75, 3.05) is 32.6 Å². The number of hydrogen-bond acceptors (Lipinski definition) is 9. The van der Waals surface area contributed by atoms with Crippen LogP contribution in [0.2, 0.25) is 5.02 Å². The third-order valence-corrected chi connectivity index (χ3v) is 6.81. The summed E-state index contributed by atoms with van der Waals surface area (Å²) in [5, 5.41) is 6.45. The number of carbonyl (C=O) groups is 1. The Hall–Kier alpha value is -4.30. The highest BCUT2D eigenvalue weighted by molar-refractivity contribution is 6.31. The van der Waals surface area contributed by atoms with Crippen molar-refractivity contribution in [2.24, 2.45) is 0 Å². The molecular weight excluding hydrogens is 582 g/mol. The van der Waals surface area contributed by atoms with E-state index in [1.165, 1.54) is 44.6 Å². The molecule has 0 aliphatic carbocycles.